The first kappa shape index (κ1) is 18.2. The van der Waals surface area contributed by atoms with Crippen molar-refractivity contribution in [3.63, 3.8) is 0 Å². The van der Waals surface area contributed by atoms with Crippen LogP contribution >= 0.6 is 0 Å². The Bertz CT molecular complexity index is 1110. The molecule has 0 radical (unpaired) electrons. The number of aryl methyl sites for hydroxylation is 1. The van der Waals surface area contributed by atoms with E-state index in [2.05, 4.69) is 74.7 Å². The number of aromatic nitrogens is 1. The van der Waals surface area contributed by atoms with Crippen molar-refractivity contribution < 1.29 is 9.84 Å². The maximum absolute atomic E-state index is 9.70. The van der Waals surface area contributed by atoms with Gasteiger partial charge in [-0.2, -0.15) is 0 Å². The Morgan fingerprint density at radius 1 is 0.821 bits per heavy atom. The van der Waals surface area contributed by atoms with Gasteiger partial charge in [-0.3, -0.25) is 0 Å². The number of nitrogens with zero attached hydrogens (tertiary/aromatic N) is 1. The number of phenols is 1. The van der Waals surface area contributed by atoms with Crippen molar-refractivity contribution in [2.45, 2.75) is 33.3 Å². The van der Waals surface area contributed by atoms with E-state index in [1.54, 1.807) is 12.1 Å². The van der Waals surface area contributed by atoms with Crippen LogP contribution in [0, 0.1) is 6.92 Å². The van der Waals surface area contributed by atoms with Crippen LogP contribution in [-0.2, 0) is 0 Å². The molecule has 0 amide bonds. The second kappa shape index (κ2) is 6.75. The van der Waals surface area contributed by atoms with E-state index in [0.29, 0.717) is 0 Å². The second-order valence-electron chi connectivity index (χ2n) is 8.18. The van der Waals surface area contributed by atoms with Gasteiger partial charge in [-0.05, 0) is 81.8 Å². The molecule has 142 valence electrons. The molecule has 0 unspecified atom stereocenters. The first-order chi connectivity index (χ1) is 13.3. The molecule has 0 saturated heterocycles. The van der Waals surface area contributed by atoms with Gasteiger partial charge in [0.05, 0.1) is 11.2 Å². The van der Waals surface area contributed by atoms with Gasteiger partial charge < -0.3 is 14.4 Å². The van der Waals surface area contributed by atoms with E-state index in [4.69, 9.17) is 4.74 Å². The first-order valence-electron chi connectivity index (χ1n) is 9.51. The SMILES string of the molecule is Cc1ccc(-c2cc3cc(OC(C)(C)C)ccc3n2-c2ccc(O)cc2)cc1. The van der Waals surface area contributed by atoms with Gasteiger partial charge in [-0.1, -0.05) is 29.8 Å². The topological polar surface area (TPSA) is 34.4 Å². The molecule has 0 bridgehead atoms. The van der Waals surface area contributed by atoms with Gasteiger partial charge in [0.15, 0.2) is 0 Å². The molecular formula is C25H25NO2. The molecule has 4 aromatic rings. The van der Waals surface area contributed by atoms with Crippen molar-refractivity contribution in [3.8, 4) is 28.4 Å². The van der Waals surface area contributed by atoms with Gasteiger partial charge in [-0.15, -0.1) is 0 Å². The van der Waals surface area contributed by atoms with Crippen LogP contribution in [-0.4, -0.2) is 15.3 Å². The van der Waals surface area contributed by atoms with E-state index >= 15 is 0 Å². The zero-order valence-corrected chi connectivity index (χ0v) is 16.7. The molecule has 3 aromatic carbocycles. The molecule has 3 heteroatoms. The number of phenolic OH excluding ortho intramolecular Hbond substituents is 1. The van der Waals surface area contributed by atoms with Crippen molar-refractivity contribution in [1.29, 1.82) is 0 Å². The number of hydrogen-bond acceptors (Lipinski definition) is 2. The fourth-order valence-electron chi connectivity index (χ4n) is 3.43. The Hall–Kier alpha value is -3.20. The van der Waals surface area contributed by atoms with Crippen molar-refractivity contribution in [3.05, 3.63) is 78.4 Å². The van der Waals surface area contributed by atoms with Crippen LogP contribution < -0.4 is 4.74 Å². The molecule has 1 N–H and O–H groups in total. The molecule has 28 heavy (non-hydrogen) atoms. The Balaban J connectivity index is 1.93. The summed E-state index contributed by atoms with van der Waals surface area (Å²) in [6, 6.07) is 24.3. The zero-order valence-electron chi connectivity index (χ0n) is 16.7. The largest absolute Gasteiger partial charge is 0.508 e. The lowest BCUT2D eigenvalue weighted by molar-refractivity contribution is 0.131. The minimum atomic E-state index is -0.243. The normalized spacial score (nSPS) is 11.7. The predicted molar refractivity (Wildman–Crippen MR) is 115 cm³/mol. The monoisotopic (exact) mass is 371 g/mol. The highest BCUT2D eigenvalue weighted by Gasteiger charge is 2.16. The summed E-state index contributed by atoms with van der Waals surface area (Å²) in [4.78, 5) is 0. The van der Waals surface area contributed by atoms with Gasteiger partial charge in [0.25, 0.3) is 0 Å². The summed E-state index contributed by atoms with van der Waals surface area (Å²) in [6.07, 6.45) is 0. The van der Waals surface area contributed by atoms with E-state index in [1.165, 1.54) is 5.56 Å². The molecule has 0 aliphatic rings. The van der Waals surface area contributed by atoms with E-state index in [-0.39, 0.29) is 11.4 Å². The van der Waals surface area contributed by atoms with Gasteiger partial charge >= 0.3 is 0 Å². The van der Waals surface area contributed by atoms with Gasteiger partial charge in [0, 0.05) is 11.1 Å². The molecule has 0 fully saturated rings. The van der Waals surface area contributed by atoms with Crippen molar-refractivity contribution in [1.82, 2.24) is 4.57 Å². The molecule has 0 aliphatic carbocycles. The summed E-state index contributed by atoms with van der Waals surface area (Å²) in [5.74, 6) is 1.12. The summed E-state index contributed by atoms with van der Waals surface area (Å²) in [7, 11) is 0. The summed E-state index contributed by atoms with van der Waals surface area (Å²) in [5.41, 5.74) is 5.35. The summed E-state index contributed by atoms with van der Waals surface area (Å²) in [6.45, 7) is 8.25. The van der Waals surface area contributed by atoms with Gasteiger partial charge in [-0.25, -0.2) is 0 Å². The maximum atomic E-state index is 9.70. The Morgan fingerprint density at radius 2 is 1.50 bits per heavy atom. The lowest BCUT2D eigenvalue weighted by atomic mass is 10.1. The molecular weight excluding hydrogens is 346 g/mol. The number of fused-ring (bicyclic) bond motifs is 1. The third-order valence-electron chi connectivity index (χ3n) is 4.65. The lowest BCUT2D eigenvalue weighted by Gasteiger charge is -2.21. The molecule has 0 saturated carbocycles. The van der Waals surface area contributed by atoms with Crippen molar-refractivity contribution in [2.75, 3.05) is 0 Å². The van der Waals surface area contributed by atoms with Crippen LogP contribution in [0.4, 0.5) is 0 Å². The van der Waals surface area contributed by atoms with E-state index in [9.17, 15) is 5.11 Å². The van der Waals surface area contributed by atoms with Gasteiger partial charge in [0.1, 0.15) is 17.1 Å². The quantitative estimate of drug-likeness (QED) is 0.447. The fourth-order valence-corrected chi connectivity index (χ4v) is 3.43. The molecule has 3 nitrogen and oxygen atoms in total. The first-order valence-corrected chi connectivity index (χ1v) is 9.51. The Morgan fingerprint density at radius 3 is 2.14 bits per heavy atom. The van der Waals surface area contributed by atoms with Crippen molar-refractivity contribution in [2.24, 2.45) is 0 Å². The highest BCUT2D eigenvalue weighted by Crippen LogP contribution is 2.34. The number of ether oxygens (including phenoxy) is 1. The van der Waals surface area contributed by atoms with Crippen LogP contribution in [0.1, 0.15) is 26.3 Å². The minimum Gasteiger partial charge on any atom is -0.508 e. The molecule has 0 aliphatic heterocycles. The van der Waals surface area contributed by atoms with E-state index < -0.39 is 0 Å². The number of aromatic hydroxyl groups is 1. The molecule has 0 spiro atoms. The zero-order chi connectivity index (χ0) is 19.9. The predicted octanol–water partition coefficient (Wildman–Crippen LogP) is 6.49. The number of rotatable bonds is 3. The van der Waals surface area contributed by atoms with Crippen molar-refractivity contribution >= 4 is 10.9 Å². The highest BCUT2D eigenvalue weighted by molar-refractivity contribution is 5.90. The van der Waals surface area contributed by atoms with E-state index in [1.807, 2.05) is 18.2 Å². The lowest BCUT2D eigenvalue weighted by Crippen LogP contribution is -2.22. The molecule has 1 aromatic heterocycles. The number of hydrogen-bond donors (Lipinski definition) is 1. The standard InChI is InChI=1S/C25H25NO2/c1-17-5-7-18(8-6-17)24-16-19-15-22(28-25(2,3)4)13-14-23(19)26(24)20-9-11-21(27)12-10-20/h5-16,27H,1-4H3. The fraction of sp³-hybridized carbons (Fsp3) is 0.200. The van der Waals surface area contributed by atoms with E-state index in [0.717, 1.165) is 33.6 Å². The third-order valence-corrected chi connectivity index (χ3v) is 4.65. The van der Waals surface area contributed by atoms with Crippen LogP contribution in [0.5, 0.6) is 11.5 Å². The third kappa shape index (κ3) is 3.61. The summed E-state index contributed by atoms with van der Waals surface area (Å²) >= 11 is 0. The summed E-state index contributed by atoms with van der Waals surface area (Å²) < 4.78 is 8.28. The minimum absolute atomic E-state index is 0.243. The maximum Gasteiger partial charge on any atom is 0.120 e. The second-order valence-corrected chi connectivity index (χ2v) is 8.18. The van der Waals surface area contributed by atoms with Crippen LogP contribution in [0.2, 0.25) is 0 Å². The Labute approximate surface area is 165 Å². The van der Waals surface area contributed by atoms with Crippen LogP contribution in [0.3, 0.4) is 0 Å². The molecule has 0 atom stereocenters. The average molecular weight is 371 g/mol. The molecule has 4 rings (SSSR count). The Kier molecular flexibility index (Phi) is 4.38. The van der Waals surface area contributed by atoms with Crippen LogP contribution in [0.15, 0.2) is 72.8 Å². The average Bonchev–Trinajstić information content (AvgIpc) is 3.00. The smallest absolute Gasteiger partial charge is 0.120 e. The van der Waals surface area contributed by atoms with Gasteiger partial charge in [0.2, 0.25) is 0 Å². The molecule has 1 heterocycles. The number of benzene rings is 3. The summed E-state index contributed by atoms with van der Waals surface area (Å²) in [5, 5.41) is 10.8. The van der Waals surface area contributed by atoms with Crippen LogP contribution in [0.25, 0.3) is 27.8 Å². The highest BCUT2D eigenvalue weighted by atomic mass is 16.5.